The zero-order chi connectivity index (χ0) is 24.4. The molecule has 33 heavy (non-hydrogen) atoms. The number of rotatable bonds is 11. The van der Waals surface area contributed by atoms with Gasteiger partial charge < -0.3 is 37.8 Å². The van der Waals surface area contributed by atoms with E-state index in [4.69, 9.17) is 5.41 Å². The average Bonchev–Trinajstić information content (AvgIpc) is 2.78. The minimum absolute atomic E-state index is 0.250. The molecule has 3 amide bonds. The van der Waals surface area contributed by atoms with Crippen molar-refractivity contribution in [3.63, 3.8) is 0 Å². The van der Waals surface area contributed by atoms with Crippen molar-refractivity contribution in [2.24, 2.45) is 0 Å². The van der Waals surface area contributed by atoms with Crippen LogP contribution in [-0.4, -0.2) is 47.5 Å². The standard InChI is InChI=1S/C24H27N4O5/c1-3-13-28(20-10-8-18(9-11-20)26-22(31)12-14-29)23(32)15-21(30)24(33)27-19-6-4-17(5-7-19)16(2)25/h4-11,14,21,25,30H,1,3,12-13,15H2,2H3,(H,26,31)(H,27,33)/q-1. The Hall–Kier alpha value is -3.85. The van der Waals surface area contributed by atoms with Crippen LogP contribution in [0.2, 0.25) is 0 Å². The second-order valence-corrected chi connectivity index (χ2v) is 7.28. The zero-order valence-corrected chi connectivity index (χ0v) is 18.3. The number of benzene rings is 2. The summed E-state index contributed by atoms with van der Waals surface area (Å²) in [6.45, 7) is 5.68. The van der Waals surface area contributed by atoms with E-state index in [0.29, 0.717) is 41.0 Å². The number of carbonyl (C=O) groups is 4. The first kappa shape index (κ1) is 25.4. The number of amides is 3. The van der Waals surface area contributed by atoms with Crippen molar-refractivity contribution >= 4 is 46.8 Å². The number of aliphatic hydroxyl groups is 1. The lowest BCUT2D eigenvalue weighted by atomic mass is 10.1. The number of hydrogen-bond donors (Lipinski definition) is 4. The molecule has 0 spiro atoms. The summed E-state index contributed by atoms with van der Waals surface area (Å²) in [5.41, 5.74) is 2.53. The van der Waals surface area contributed by atoms with Gasteiger partial charge in [0.1, 0.15) is 12.4 Å². The first-order valence-corrected chi connectivity index (χ1v) is 10.3. The van der Waals surface area contributed by atoms with Crippen LogP contribution in [0.15, 0.2) is 48.5 Å². The van der Waals surface area contributed by atoms with Crippen LogP contribution >= 0.6 is 0 Å². The van der Waals surface area contributed by atoms with Gasteiger partial charge in [0.15, 0.2) is 0 Å². The predicted molar refractivity (Wildman–Crippen MR) is 126 cm³/mol. The lowest BCUT2D eigenvalue weighted by molar-refractivity contribution is -0.129. The van der Waals surface area contributed by atoms with E-state index in [1.165, 1.54) is 4.90 Å². The Labute approximate surface area is 192 Å². The normalized spacial score (nSPS) is 11.2. The van der Waals surface area contributed by atoms with Crippen molar-refractivity contribution in [1.29, 1.82) is 5.41 Å². The number of nitrogens with one attached hydrogen (secondary N) is 3. The predicted octanol–water partition coefficient (Wildman–Crippen LogP) is 2.55. The molecule has 2 aromatic carbocycles. The summed E-state index contributed by atoms with van der Waals surface area (Å²) >= 11 is 0. The lowest BCUT2D eigenvalue weighted by Gasteiger charge is -2.25. The highest BCUT2D eigenvalue weighted by atomic mass is 16.3. The Bertz CT molecular complexity index is 1000. The quantitative estimate of drug-likeness (QED) is 0.180. The largest absolute Gasteiger partial charge is 0.383 e. The molecule has 0 aromatic heterocycles. The molecule has 0 saturated carbocycles. The van der Waals surface area contributed by atoms with E-state index in [0.717, 1.165) is 0 Å². The topological polar surface area (TPSA) is 140 Å². The van der Waals surface area contributed by atoms with E-state index in [1.807, 2.05) is 0 Å². The maximum atomic E-state index is 12.8. The third-order valence-electron chi connectivity index (χ3n) is 4.67. The van der Waals surface area contributed by atoms with Crippen LogP contribution in [0.4, 0.5) is 17.1 Å². The van der Waals surface area contributed by atoms with Gasteiger partial charge in [-0.1, -0.05) is 12.1 Å². The minimum atomic E-state index is -1.56. The third-order valence-corrected chi connectivity index (χ3v) is 4.67. The third kappa shape index (κ3) is 7.65. The van der Waals surface area contributed by atoms with Crippen molar-refractivity contribution in [2.75, 3.05) is 22.1 Å². The Kier molecular flexibility index (Phi) is 9.44. The van der Waals surface area contributed by atoms with Crippen LogP contribution < -0.4 is 15.5 Å². The molecule has 1 atom stereocenters. The van der Waals surface area contributed by atoms with Crippen LogP contribution in [0.25, 0.3) is 0 Å². The number of nitrogens with zero attached hydrogens (tertiary/aromatic N) is 1. The first-order valence-electron chi connectivity index (χ1n) is 10.3. The number of aldehydes is 1. The molecule has 0 radical (unpaired) electrons. The number of hydrogen-bond acceptors (Lipinski definition) is 6. The molecule has 2 rings (SSSR count). The number of aliphatic hydroxyl groups excluding tert-OH is 1. The summed E-state index contributed by atoms with van der Waals surface area (Å²) in [6.07, 6.45) is -1.32. The molecule has 0 aliphatic rings. The van der Waals surface area contributed by atoms with Crippen LogP contribution in [0.1, 0.15) is 31.7 Å². The Morgan fingerprint density at radius 1 is 1.06 bits per heavy atom. The van der Waals surface area contributed by atoms with Crippen molar-refractivity contribution < 1.29 is 24.3 Å². The van der Waals surface area contributed by atoms with Crippen LogP contribution in [0.3, 0.4) is 0 Å². The molecule has 9 nitrogen and oxygen atoms in total. The van der Waals surface area contributed by atoms with E-state index in [2.05, 4.69) is 17.6 Å². The fourth-order valence-corrected chi connectivity index (χ4v) is 2.97. The van der Waals surface area contributed by atoms with E-state index in [-0.39, 0.29) is 13.0 Å². The summed E-state index contributed by atoms with van der Waals surface area (Å²) < 4.78 is 0. The van der Waals surface area contributed by atoms with Gasteiger partial charge in [0.25, 0.3) is 5.91 Å². The molecular formula is C24H27N4O5-. The highest BCUT2D eigenvalue weighted by Gasteiger charge is 2.23. The van der Waals surface area contributed by atoms with Crippen LogP contribution in [0, 0.1) is 12.3 Å². The molecule has 0 heterocycles. The molecule has 2 aromatic rings. The smallest absolute Gasteiger partial charge is 0.253 e. The summed E-state index contributed by atoms with van der Waals surface area (Å²) in [5, 5.41) is 23.0. The van der Waals surface area contributed by atoms with E-state index in [1.54, 1.807) is 55.5 Å². The van der Waals surface area contributed by atoms with Gasteiger partial charge in [-0.2, -0.15) is 6.42 Å². The first-order chi connectivity index (χ1) is 15.7. The van der Waals surface area contributed by atoms with Crippen molar-refractivity contribution in [3.05, 3.63) is 61.0 Å². The fourth-order valence-electron chi connectivity index (χ4n) is 2.97. The number of anilines is 3. The van der Waals surface area contributed by atoms with Gasteiger partial charge in [-0.3, -0.25) is 14.4 Å². The summed E-state index contributed by atoms with van der Waals surface area (Å²) in [7, 11) is 0. The molecule has 9 heteroatoms. The zero-order valence-electron chi connectivity index (χ0n) is 18.3. The Balaban J connectivity index is 2.01. The van der Waals surface area contributed by atoms with E-state index in [9.17, 15) is 24.3 Å². The minimum Gasteiger partial charge on any atom is -0.383 e. The molecule has 0 aliphatic carbocycles. The highest BCUT2D eigenvalue weighted by Crippen LogP contribution is 2.20. The Morgan fingerprint density at radius 2 is 1.64 bits per heavy atom. The second-order valence-electron chi connectivity index (χ2n) is 7.28. The molecule has 174 valence electrons. The molecular weight excluding hydrogens is 424 g/mol. The fraction of sp³-hybridized carbons (Fsp3) is 0.250. The van der Waals surface area contributed by atoms with Gasteiger partial charge in [-0.25, -0.2) is 0 Å². The van der Waals surface area contributed by atoms with Crippen molar-refractivity contribution in [2.45, 2.75) is 32.3 Å². The second kappa shape index (κ2) is 12.3. The van der Waals surface area contributed by atoms with Gasteiger partial charge >= 0.3 is 0 Å². The van der Waals surface area contributed by atoms with Crippen molar-refractivity contribution in [1.82, 2.24) is 0 Å². The van der Waals surface area contributed by atoms with Gasteiger partial charge in [-0.15, -0.1) is 0 Å². The van der Waals surface area contributed by atoms with Gasteiger partial charge in [-0.05, 0) is 55.4 Å². The van der Waals surface area contributed by atoms with E-state index >= 15 is 0 Å². The van der Waals surface area contributed by atoms with Crippen LogP contribution in [0.5, 0.6) is 0 Å². The van der Waals surface area contributed by atoms with Gasteiger partial charge in [0, 0.05) is 22.8 Å². The summed E-state index contributed by atoms with van der Waals surface area (Å²) in [5.74, 6) is -1.63. The molecule has 4 N–H and O–H groups in total. The van der Waals surface area contributed by atoms with Crippen molar-refractivity contribution in [3.8, 4) is 0 Å². The average molecular weight is 452 g/mol. The van der Waals surface area contributed by atoms with Gasteiger partial charge in [0.05, 0.1) is 12.8 Å². The van der Waals surface area contributed by atoms with Crippen LogP contribution in [-0.2, 0) is 19.2 Å². The SMILES string of the molecule is [CH2-]CCN(C(=O)CC(O)C(=O)Nc1ccc(C(C)=N)cc1)c1ccc(NC(=O)CC=O)cc1. The summed E-state index contributed by atoms with van der Waals surface area (Å²) in [4.78, 5) is 48.5. The lowest BCUT2D eigenvalue weighted by Crippen LogP contribution is -2.38. The highest BCUT2D eigenvalue weighted by molar-refractivity contribution is 6.02. The molecule has 0 fully saturated rings. The molecule has 0 saturated heterocycles. The molecule has 0 aliphatic heterocycles. The van der Waals surface area contributed by atoms with E-state index < -0.39 is 30.2 Å². The summed E-state index contributed by atoms with van der Waals surface area (Å²) in [6, 6.07) is 13.0. The molecule has 0 bridgehead atoms. The maximum absolute atomic E-state index is 12.8. The monoisotopic (exact) mass is 451 g/mol. The number of carbonyl (C=O) groups excluding carboxylic acids is 4. The maximum Gasteiger partial charge on any atom is 0.253 e. The molecule has 1 unspecified atom stereocenters. The van der Waals surface area contributed by atoms with Gasteiger partial charge in [0.2, 0.25) is 11.8 Å². The Morgan fingerprint density at radius 3 is 2.18 bits per heavy atom.